The smallest absolute Gasteiger partial charge is 0.332 e. The van der Waals surface area contributed by atoms with Gasteiger partial charge in [-0.15, -0.1) is 0 Å². The summed E-state index contributed by atoms with van der Waals surface area (Å²) in [5.41, 5.74) is 5.73. The van der Waals surface area contributed by atoms with Crippen molar-refractivity contribution in [2.24, 2.45) is 11.1 Å². The van der Waals surface area contributed by atoms with Crippen molar-refractivity contribution >= 4 is 23.5 Å². The van der Waals surface area contributed by atoms with Crippen molar-refractivity contribution in [2.45, 2.75) is 31.8 Å². The Kier molecular flexibility index (Phi) is 5.37. The summed E-state index contributed by atoms with van der Waals surface area (Å²) in [6.45, 7) is 3.74. The number of nitrogens with zero attached hydrogens (tertiary/aromatic N) is 2. The molecule has 2 unspecified atom stereocenters. The van der Waals surface area contributed by atoms with Crippen LogP contribution >= 0.6 is 11.6 Å². The van der Waals surface area contributed by atoms with Crippen LogP contribution in [0, 0.1) is 5.41 Å². The summed E-state index contributed by atoms with van der Waals surface area (Å²) in [7, 11) is 0. The molecule has 2 heterocycles. The van der Waals surface area contributed by atoms with Crippen LogP contribution in [0.2, 0.25) is 0 Å². The van der Waals surface area contributed by atoms with Crippen LogP contribution in [-0.4, -0.2) is 51.2 Å². The molecule has 0 radical (unpaired) electrons. The highest BCUT2D eigenvalue weighted by Gasteiger charge is 2.50. The van der Waals surface area contributed by atoms with Gasteiger partial charge < -0.3 is 15.9 Å². The van der Waals surface area contributed by atoms with Crippen molar-refractivity contribution < 1.29 is 19.8 Å². The standard InChI is InChI=1S/C19H22ClN3O4/c1-19(18(26)27)15(20)3-2-14(17(24)25)16(19)12-6-11(7-22-8-12)9-23-5-4-13(21)10-23/h2-3,6-8,13,16H,4-5,9-10,21H2,1H3,(H,24,25)(H,26,27)/t13-,16?,19?/m1/s1. The molecule has 1 aromatic rings. The lowest BCUT2D eigenvalue weighted by molar-refractivity contribution is -0.146. The fraction of sp³-hybridized carbons (Fsp3) is 0.421. The first-order chi connectivity index (χ1) is 12.7. The first kappa shape index (κ1) is 19.5. The van der Waals surface area contributed by atoms with E-state index in [1.165, 1.54) is 25.3 Å². The molecule has 1 aliphatic heterocycles. The number of allylic oxidation sites excluding steroid dienone is 2. The predicted molar refractivity (Wildman–Crippen MR) is 100 cm³/mol. The molecule has 1 aromatic heterocycles. The number of likely N-dealkylation sites (tertiary alicyclic amines) is 1. The highest BCUT2D eigenvalue weighted by atomic mass is 35.5. The maximum Gasteiger partial charge on any atom is 0.332 e. The highest BCUT2D eigenvalue weighted by Crippen LogP contribution is 2.50. The molecule has 0 bridgehead atoms. The summed E-state index contributed by atoms with van der Waals surface area (Å²) in [5.74, 6) is -3.31. The molecular weight excluding hydrogens is 370 g/mol. The van der Waals surface area contributed by atoms with Crippen LogP contribution in [0.1, 0.15) is 30.4 Å². The van der Waals surface area contributed by atoms with Gasteiger partial charge in [-0.25, -0.2) is 4.79 Å². The summed E-state index contributed by atoms with van der Waals surface area (Å²) in [4.78, 5) is 30.3. The Bertz CT molecular complexity index is 838. The van der Waals surface area contributed by atoms with Gasteiger partial charge in [0.05, 0.1) is 0 Å². The van der Waals surface area contributed by atoms with E-state index in [-0.39, 0.29) is 16.6 Å². The minimum Gasteiger partial charge on any atom is -0.481 e. The monoisotopic (exact) mass is 391 g/mol. The fourth-order valence-electron chi connectivity index (χ4n) is 3.83. The van der Waals surface area contributed by atoms with Crippen molar-refractivity contribution in [3.63, 3.8) is 0 Å². The van der Waals surface area contributed by atoms with Gasteiger partial charge in [-0.2, -0.15) is 0 Å². The lowest BCUT2D eigenvalue weighted by Crippen LogP contribution is -2.39. The van der Waals surface area contributed by atoms with Gasteiger partial charge in [0.25, 0.3) is 0 Å². The third kappa shape index (κ3) is 3.63. The molecule has 0 aromatic carbocycles. The molecular formula is C19H22ClN3O4. The molecule has 0 saturated carbocycles. The van der Waals surface area contributed by atoms with Gasteiger partial charge >= 0.3 is 11.9 Å². The number of rotatable bonds is 5. The second-order valence-electron chi connectivity index (χ2n) is 7.29. The van der Waals surface area contributed by atoms with E-state index in [0.29, 0.717) is 12.1 Å². The normalized spacial score (nSPS) is 28.6. The number of aliphatic carboxylic acids is 2. The number of hydrogen-bond acceptors (Lipinski definition) is 5. The number of nitrogens with two attached hydrogens (primary N) is 1. The minimum atomic E-state index is -1.58. The Hall–Kier alpha value is -2.22. The van der Waals surface area contributed by atoms with E-state index in [0.717, 1.165) is 25.1 Å². The molecule has 1 saturated heterocycles. The largest absolute Gasteiger partial charge is 0.481 e. The minimum absolute atomic E-state index is 0.0218. The number of carboxylic acids is 2. The highest BCUT2D eigenvalue weighted by molar-refractivity contribution is 6.32. The maximum absolute atomic E-state index is 12.1. The molecule has 0 amide bonds. The molecule has 3 rings (SSSR count). The molecule has 1 fully saturated rings. The van der Waals surface area contributed by atoms with Crippen LogP contribution in [0.25, 0.3) is 0 Å². The molecule has 27 heavy (non-hydrogen) atoms. The number of carbonyl (C=O) groups is 2. The first-order valence-electron chi connectivity index (χ1n) is 8.69. The molecule has 1 aliphatic carbocycles. The average molecular weight is 392 g/mol. The Morgan fingerprint density at radius 1 is 1.37 bits per heavy atom. The summed E-state index contributed by atoms with van der Waals surface area (Å²) >= 11 is 6.23. The van der Waals surface area contributed by atoms with E-state index in [4.69, 9.17) is 17.3 Å². The van der Waals surface area contributed by atoms with Gasteiger partial charge in [0.1, 0.15) is 5.41 Å². The molecule has 144 valence electrons. The number of carboxylic acid groups (broad SMARTS) is 2. The first-order valence-corrected chi connectivity index (χ1v) is 9.07. The zero-order valence-corrected chi connectivity index (χ0v) is 15.7. The van der Waals surface area contributed by atoms with Gasteiger partial charge in [0.15, 0.2) is 0 Å². The Morgan fingerprint density at radius 3 is 2.70 bits per heavy atom. The Labute approximate surface area is 162 Å². The summed E-state index contributed by atoms with van der Waals surface area (Å²) in [5, 5.41) is 19.5. The van der Waals surface area contributed by atoms with Gasteiger partial charge in [-0.1, -0.05) is 17.7 Å². The number of halogens is 1. The lowest BCUT2D eigenvalue weighted by Gasteiger charge is -2.36. The van der Waals surface area contributed by atoms with Crippen LogP contribution in [0.3, 0.4) is 0 Å². The maximum atomic E-state index is 12.1. The molecule has 4 N–H and O–H groups in total. The number of pyridine rings is 1. The van der Waals surface area contributed by atoms with Crippen LogP contribution in [0.5, 0.6) is 0 Å². The average Bonchev–Trinajstić information content (AvgIpc) is 3.01. The van der Waals surface area contributed by atoms with E-state index in [1.807, 2.05) is 6.07 Å². The quantitative estimate of drug-likeness (QED) is 0.702. The van der Waals surface area contributed by atoms with Gasteiger partial charge in [0, 0.05) is 54.6 Å². The fourth-order valence-corrected chi connectivity index (χ4v) is 4.08. The molecule has 8 heteroatoms. The van der Waals surface area contributed by atoms with Crippen molar-refractivity contribution in [3.05, 3.63) is 52.3 Å². The molecule has 7 nitrogen and oxygen atoms in total. The second-order valence-corrected chi connectivity index (χ2v) is 7.70. The Balaban J connectivity index is 2.00. The molecule has 2 aliphatic rings. The van der Waals surface area contributed by atoms with Crippen LogP contribution in [0.4, 0.5) is 0 Å². The van der Waals surface area contributed by atoms with Crippen LogP contribution in [0.15, 0.2) is 41.2 Å². The van der Waals surface area contributed by atoms with Crippen LogP contribution < -0.4 is 5.73 Å². The third-order valence-electron chi connectivity index (χ3n) is 5.35. The molecule has 0 spiro atoms. The molecule has 3 atom stereocenters. The van der Waals surface area contributed by atoms with Crippen molar-refractivity contribution in [1.29, 1.82) is 0 Å². The van der Waals surface area contributed by atoms with E-state index in [9.17, 15) is 19.8 Å². The van der Waals surface area contributed by atoms with Gasteiger partial charge in [-0.05, 0) is 36.6 Å². The SMILES string of the molecule is CC1(C(=O)O)C(Cl)=CC=C(C(=O)O)C1c1cncc(CN2CC[C@@H](N)C2)c1. The second kappa shape index (κ2) is 7.42. The van der Waals surface area contributed by atoms with Crippen molar-refractivity contribution in [1.82, 2.24) is 9.88 Å². The van der Waals surface area contributed by atoms with Gasteiger partial charge in [0.2, 0.25) is 0 Å². The zero-order chi connectivity index (χ0) is 19.8. The summed E-state index contributed by atoms with van der Waals surface area (Å²) < 4.78 is 0. The third-order valence-corrected chi connectivity index (χ3v) is 5.87. The van der Waals surface area contributed by atoms with Gasteiger partial charge in [-0.3, -0.25) is 14.7 Å². The summed E-state index contributed by atoms with van der Waals surface area (Å²) in [6.07, 6.45) is 6.86. The Morgan fingerprint density at radius 2 is 2.11 bits per heavy atom. The number of aromatic nitrogens is 1. The van der Waals surface area contributed by atoms with E-state index < -0.39 is 23.3 Å². The van der Waals surface area contributed by atoms with E-state index in [2.05, 4.69) is 9.88 Å². The lowest BCUT2D eigenvalue weighted by atomic mass is 9.67. The van der Waals surface area contributed by atoms with Crippen molar-refractivity contribution in [3.8, 4) is 0 Å². The van der Waals surface area contributed by atoms with Crippen LogP contribution in [-0.2, 0) is 16.1 Å². The zero-order valence-electron chi connectivity index (χ0n) is 14.9. The van der Waals surface area contributed by atoms with Crippen molar-refractivity contribution in [2.75, 3.05) is 13.1 Å². The predicted octanol–water partition coefficient (Wildman–Crippen LogP) is 1.94. The van der Waals surface area contributed by atoms with E-state index >= 15 is 0 Å². The summed E-state index contributed by atoms with van der Waals surface area (Å²) in [6, 6.07) is 1.97. The van der Waals surface area contributed by atoms with E-state index in [1.54, 1.807) is 6.20 Å². The number of hydrogen-bond donors (Lipinski definition) is 3. The topological polar surface area (TPSA) is 117 Å².